The number of nitrogens with one attached hydrogen (secondary N) is 1. The van der Waals surface area contributed by atoms with Crippen LogP contribution in [0.3, 0.4) is 0 Å². The van der Waals surface area contributed by atoms with Gasteiger partial charge in [0, 0.05) is 24.9 Å². The van der Waals surface area contributed by atoms with Crippen LogP contribution < -0.4 is 5.32 Å². The molecule has 5 heteroatoms. The quantitative estimate of drug-likeness (QED) is 0.852. The molecule has 0 aliphatic carbocycles. The van der Waals surface area contributed by atoms with Crippen LogP contribution in [-0.4, -0.2) is 36.8 Å². The van der Waals surface area contributed by atoms with Crippen molar-refractivity contribution < 1.29 is 4.74 Å². The molecule has 0 aliphatic heterocycles. The maximum atomic E-state index is 5.90. The molecule has 17 heavy (non-hydrogen) atoms. The van der Waals surface area contributed by atoms with Crippen molar-refractivity contribution in [2.45, 2.75) is 13.0 Å². The molecule has 0 saturated carbocycles. The van der Waals surface area contributed by atoms with Crippen molar-refractivity contribution >= 4 is 34.6 Å². The Morgan fingerprint density at radius 1 is 1.59 bits per heavy atom. The molecule has 1 aromatic carbocycles. The Morgan fingerprint density at radius 2 is 2.29 bits per heavy atom. The molecule has 1 aromatic rings. The largest absolute Gasteiger partial charge is 0.383 e. The van der Waals surface area contributed by atoms with Gasteiger partial charge in [-0.25, -0.2) is 0 Å². The molecular formula is C12H17ClN2OS. The van der Waals surface area contributed by atoms with E-state index in [0.29, 0.717) is 16.7 Å². The molecule has 0 fully saturated rings. The number of methoxy groups -OCH3 is 1. The van der Waals surface area contributed by atoms with E-state index in [1.165, 1.54) is 0 Å². The second kappa shape index (κ2) is 6.79. The third kappa shape index (κ3) is 4.50. The van der Waals surface area contributed by atoms with Crippen LogP contribution in [0.4, 0.5) is 5.69 Å². The first-order chi connectivity index (χ1) is 8.04. The number of ether oxygens (including phenoxy) is 1. The molecule has 1 atom stereocenters. The Labute approximate surface area is 113 Å². The summed E-state index contributed by atoms with van der Waals surface area (Å²) in [6.45, 7) is 2.68. The third-order valence-corrected chi connectivity index (χ3v) is 3.09. The van der Waals surface area contributed by atoms with Gasteiger partial charge >= 0.3 is 0 Å². The fraction of sp³-hybridized carbons (Fsp3) is 0.417. The summed E-state index contributed by atoms with van der Waals surface area (Å²) in [4.78, 5) is 1.96. The summed E-state index contributed by atoms with van der Waals surface area (Å²) in [5.74, 6) is 0. The van der Waals surface area contributed by atoms with E-state index in [2.05, 4.69) is 12.2 Å². The number of hydrogen-bond acceptors (Lipinski definition) is 2. The number of thiocarbonyl (C=S) groups is 1. The predicted octanol–water partition coefficient (Wildman–Crippen LogP) is 3.00. The van der Waals surface area contributed by atoms with E-state index in [4.69, 9.17) is 28.6 Å². The molecule has 3 nitrogen and oxygen atoms in total. The zero-order valence-corrected chi connectivity index (χ0v) is 11.8. The number of likely N-dealkylation sites (N-methyl/N-ethyl adjacent to an activating group) is 1. The molecule has 0 amide bonds. The Bertz CT molecular complexity index is 387. The summed E-state index contributed by atoms with van der Waals surface area (Å²) in [5.41, 5.74) is 0.888. The van der Waals surface area contributed by atoms with Crippen molar-refractivity contribution in [1.82, 2.24) is 4.90 Å². The van der Waals surface area contributed by atoms with Crippen LogP contribution in [0.2, 0.25) is 5.02 Å². The third-order valence-electron chi connectivity index (χ3n) is 2.47. The molecule has 0 aliphatic rings. The van der Waals surface area contributed by atoms with E-state index in [-0.39, 0.29) is 6.04 Å². The van der Waals surface area contributed by atoms with E-state index < -0.39 is 0 Å². The first-order valence-corrected chi connectivity index (χ1v) is 6.11. The van der Waals surface area contributed by atoms with Crippen molar-refractivity contribution in [3.8, 4) is 0 Å². The maximum absolute atomic E-state index is 5.90. The van der Waals surface area contributed by atoms with Crippen molar-refractivity contribution in [3.63, 3.8) is 0 Å². The van der Waals surface area contributed by atoms with Crippen LogP contribution >= 0.6 is 23.8 Å². The van der Waals surface area contributed by atoms with Crippen LogP contribution in [0.1, 0.15) is 6.92 Å². The summed E-state index contributed by atoms with van der Waals surface area (Å²) >= 11 is 11.2. The van der Waals surface area contributed by atoms with E-state index in [9.17, 15) is 0 Å². The second-order valence-corrected chi connectivity index (χ2v) is 4.68. The smallest absolute Gasteiger partial charge is 0.173 e. The molecule has 0 radical (unpaired) electrons. The lowest BCUT2D eigenvalue weighted by Gasteiger charge is -2.27. The summed E-state index contributed by atoms with van der Waals surface area (Å²) < 4.78 is 5.09. The molecule has 0 bridgehead atoms. The minimum absolute atomic E-state index is 0.221. The van der Waals surface area contributed by atoms with Gasteiger partial charge in [0.2, 0.25) is 0 Å². The van der Waals surface area contributed by atoms with E-state index >= 15 is 0 Å². The van der Waals surface area contributed by atoms with Crippen molar-refractivity contribution in [2.75, 3.05) is 26.1 Å². The van der Waals surface area contributed by atoms with Gasteiger partial charge in [-0.3, -0.25) is 0 Å². The maximum Gasteiger partial charge on any atom is 0.173 e. The number of rotatable bonds is 4. The van der Waals surface area contributed by atoms with Gasteiger partial charge in [0.15, 0.2) is 5.11 Å². The van der Waals surface area contributed by atoms with E-state index in [1.807, 2.05) is 36.2 Å². The highest BCUT2D eigenvalue weighted by Crippen LogP contribution is 2.15. The highest BCUT2D eigenvalue weighted by molar-refractivity contribution is 7.80. The minimum atomic E-state index is 0.221. The molecule has 0 unspecified atom stereocenters. The number of halogens is 1. The topological polar surface area (TPSA) is 24.5 Å². The number of benzene rings is 1. The highest BCUT2D eigenvalue weighted by atomic mass is 35.5. The van der Waals surface area contributed by atoms with Crippen LogP contribution in [0, 0.1) is 0 Å². The van der Waals surface area contributed by atoms with Gasteiger partial charge in [-0.15, -0.1) is 0 Å². The Morgan fingerprint density at radius 3 is 2.88 bits per heavy atom. The average molecular weight is 273 g/mol. The Hall–Kier alpha value is -0.840. The number of anilines is 1. The SMILES string of the molecule is COC[C@@H](C)N(C)C(=S)Nc1cccc(Cl)c1. The summed E-state index contributed by atoms with van der Waals surface area (Å²) in [6, 6.07) is 7.69. The lowest BCUT2D eigenvalue weighted by molar-refractivity contribution is 0.146. The molecule has 1 N–H and O–H groups in total. The zero-order valence-electron chi connectivity index (χ0n) is 10.2. The fourth-order valence-electron chi connectivity index (χ4n) is 1.33. The fourth-order valence-corrected chi connectivity index (χ4v) is 1.82. The Balaban J connectivity index is 2.60. The van der Waals surface area contributed by atoms with E-state index in [0.717, 1.165) is 5.69 Å². The van der Waals surface area contributed by atoms with Crippen LogP contribution in [0.25, 0.3) is 0 Å². The zero-order chi connectivity index (χ0) is 12.8. The highest BCUT2D eigenvalue weighted by Gasteiger charge is 2.12. The monoisotopic (exact) mass is 272 g/mol. The first-order valence-electron chi connectivity index (χ1n) is 5.33. The van der Waals surface area contributed by atoms with Gasteiger partial charge in [0.25, 0.3) is 0 Å². The summed E-state index contributed by atoms with van der Waals surface area (Å²) in [7, 11) is 3.61. The van der Waals surface area contributed by atoms with Crippen molar-refractivity contribution in [1.29, 1.82) is 0 Å². The van der Waals surface area contributed by atoms with E-state index in [1.54, 1.807) is 7.11 Å². The molecule has 94 valence electrons. The Kier molecular flexibility index (Phi) is 5.68. The minimum Gasteiger partial charge on any atom is -0.383 e. The number of nitrogens with zero attached hydrogens (tertiary/aromatic N) is 1. The van der Waals surface area contributed by atoms with Crippen molar-refractivity contribution in [2.24, 2.45) is 0 Å². The van der Waals surface area contributed by atoms with Gasteiger partial charge in [-0.05, 0) is 37.3 Å². The lowest BCUT2D eigenvalue weighted by atomic mass is 10.3. The van der Waals surface area contributed by atoms with Crippen LogP contribution in [0.15, 0.2) is 24.3 Å². The van der Waals surface area contributed by atoms with Gasteiger partial charge in [-0.1, -0.05) is 17.7 Å². The average Bonchev–Trinajstić information content (AvgIpc) is 2.28. The van der Waals surface area contributed by atoms with Gasteiger partial charge in [-0.2, -0.15) is 0 Å². The lowest BCUT2D eigenvalue weighted by Crippen LogP contribution is -2.40. The molecule has 0 aromatic heterocycles. The van der Waals surface area contributed by atoms with Gasteiger partial charge < -0.3 is 15.0 Å². The van der Waals surface area contributed by atoms with Crippen LogP contribution in [-0.2, 0) is 4.74 Å². The molecule has 1 rings (SSSR count). The second-order valence-electron chi connectivity index (χ2n) is 3.86. The predicted molar refractivity (Wildman–Crippen MR) is 76.8 cm³/mol. The normalized spacial score (nSPS) is 12.0. The van der Waals surface area contributed by atoms with Gasteiger partial charge in [0.05, 0.1) is 12.6 Å². The summed E-state index contributed by atoms with van der Waals surface area (Å²) in [5, 5.41) is 4.47. The molecule has 0 saturated heterocycles. The molecular weight excluding hydrogens is 256 g/mol. The summed E-state index contributed by atoms with van der Waals surface area (Å²) in [6.07, 6.45) is 0. The van der Waals surface area contributed by atoms with Crippen LogP contribution in [0.5, 0.6) is 0 Å². The van der Waals surface area contributed by atoms with Crippen molar-refractivity contribution in [3.05, 3.63) is 29.3 Å². The first kappa shape index (κ1) is 14.2. The molecule has 0 heterocycles. The number of hydrogen-bond donors (Lipinski definition) is 1. The standard InChI is InChI=1S/C12H17ClN2OS/c1-9(8-16-3)15(2)12(17)14-11-6-4-5-10(13)7-11/h4-7,9H,8H2,1-3H3,(H,14,17)/t9-/m1/s1. The van der Waals surface area contributed by atoms with Gasteiger partial charge in [0.1, 0.15) is 0 Å². The molecule has 0 spiro atoms.